The highest BCUT2D eigenvalue weighted by atomic mass is 32.2. The van der Waals surface area contributed by atoms with E-state index in [1.165, 1.54) is 7.11 Å². The van der Waals surface area contributed by atoms with Crippen LogP contribution in [0.5, 0.6) is 0 Å². The molecule has 0 aliphatic heterocycles. The van der Waals surface area contributed by atoms with Crippen molar-refractivity contribution in [1.82, 2.24) is 5.32 Å². The third-order valence-corrected chi connectivity index (χ3v) is 2.99. The zero-order valence-electron chi connectivity index (χ0n) is 9.42. The van der Waals surface area contributed by atoms with Gasteiger partial charge in [0.2, 0.25) is 0 Å². The highest BCUT2D eigenvalue weighted by molar-refractivity contribution is 7.99. The molecule has 0 bridgehead atoms. The summed E-state index contributed by atoms with van der Waals surface area (Å²) in [4.78, 5) is 11.2. The summed E-state index contributed by atoms with van der Waals surface area (Å²) in [5, 5.41) is 10.0. The Morgan fingerprint density at radius 1 is 1.67 bits per heavy atom. The van der Waals surface area contributed by atoms with Crippen LogP contribution in [0.4, 0.5) is 0 Å². The molecule has 0 aliphatic carbocycles. The minimum absolute atomic E-state index is 0.397. The molecule has 0 heterocycles. The number of methoxy groups -OCH3 is 1. The monoisotopic (exact) mass is 233 g/mol. The Balaban J connectivity index is 3.66. The van der Waals surface area contributed by atoms with E-state index in [9.17, 15) is 4.79 Å². The molecule has 0 unspecified atom stereocenters. The topological polar surface area (TPSA) is 88.2 Å². The van der Waals surface area contributed by atoms with Crippen LogP contribution in [-0.2, 0) is 9.53 Å². The normalized spacial score (nSPS) is 14.1. The fourth-order valence-corrected chi connectivity index (χ4v) is 1.82. The Labute approximate surface area is 94.6 Å². The SMILES string of the molecule is COC(=O)[C@@](C)(N)CSCCNC(C)=N. The molecule has 0 saturated carbocycles. The minimum atomic E-state index is -0.931. The first-order valence-corrected chi connectivity index (χ1v) is 5.79. The maximum atomic E-state index is 11.2. The van der Waals surface area contributed by atoms with Gasteiger partial charge in [-0.1, -0.05) is 0 Å². The molecule has 4 N–H and O–H groups in total. The maximum Gasteiger partial charge on any atom is 0.326 e. The maximum absolute atomic E-state index is 11.2. The number of rotatable bonds is 6. The molecule has 6 heteroatoms. The fraction of sp³-hybridized carbons (Fsp3) is 0.778. The highest BCUT2D eigenvalue weighted by Gasteiger charge is 2.28. The molecule has 0 radical (unpaired) electrons. The Morgan fingerprint density at radius 3 is 2.73 bits per heavy atom. The number of carbonyl (C=O) groups excluding carboxylic acids is 1. The molecule has 88 valence electrons. The van der Waals surface area contributed by atoms with Gasteiger partial charge < -0.3 is 15.8 Å². The van der Waals surface area contributed by atoms with Crippen LogP contribution >= 0.6 is 11.8 Å². The lowest BCUT2D eigenvalue weighted by Crippen LogP contribution is -2.48. The number of ether oxygens (including phenoxy) is 1. The van der Waals surface area contributed by atoms with E-state index in [4.69, 9.17) is 11.1 Å². The van der Waals surface area contributed by atoms with Crippen LogP contribution in [-0.4, -0.2) is 42.5 Å². The number of amidine groups is 1. The number of nitrogens with one attached hydrogen (secondary N) is 2. The molecule has 5 nitrogen and oxygen atoms in total. The van der Waals surface area contributed by atoms with Crippen molar-refractivity contribution in [2.45, 2.75) is 19.4 Å². The first kappa shape index (κ1) is 14.2. The quantitative estimate of drug-likeness (QED) is 0.264. The lowest BCUT2D eigenvalue weighted by Gasteiger charge is -2.20. The van der Waals surface area contributed by atoms with Crippen molar-refractivity contribution in [3.05, 3.63) is 0 Å². The van der Waals surface area contributed by atoms with Gasteiger partial charge in [-0.2, -0.15) is 11.8 Å². The van der Waals surface area contributed by atoms with E-state index in [0.29, 0.717) is 18.1 Å². The van der Waals surface area contributed by atoms with E-state index in [0.717, 1.165) is 5.75 Å². The van der Waals surface area contributed by atoms with Crippen molar-refractivity contribution in [2.75, 3.05) is 25.2 Å². The first-order valence-electron chi connectivity index (χ1n) is 4.64. The van der Waals surface area contributed by atoms with E-state index < -0.39 is 11.5 Å². The number of hydrogen-bond acceptors (Lipinski definition) is 5. The van der Waals surface area contributed by atoms with Gasteiger partial charge in [-0.3, -0.25) is 10.2 Å². The van der Waals surface area contributed by atoms with Gasteiger partial charge in [0.15, 0.2) is 0 Å². The minimum Gasteiger partial charge on any atom is -0.468 e. The summed E-state index contributed by atoms with van der Waals surface area (Å²) in [7, 11) is 1.33. The van der Waals surface area contributed by atoms with Crippen molar-refractivity contribution in [1.29, 1.82) is 5.41 Å². The molecule has 1 atom stereocenters. The second kappa shape index (κ2) is 6.68. The number of nitrogens with two attached hydrogens (primary N) is 1. The summed E-state index contributed by atoms with van der Waals surface area (Å²) in [5.74, 6) is 1.36. The van der Waals surface area contributed by atoms with E-state index >= 15 is 0 Å². The standard InChI is InChI=1S/C9H19N3O2S/c1-7(10)12-4-5-15-6-9(2,11)8(13)14-3/h4-6,11H2,1-3H3,(H2,10,12)/t9-/m0/s1. The Bertz CT molecular complexity index is 231. The van der Waals surface area contributed by atoms with Crippen LogP contribution in [0.1, 0.15) is 13.8 Å². The Kier molecular flexibility index (Phi) is 6.35. The summed E-state index contributed by atoms with van der Waals surface area (Å²) >= 11 is 1.56. The van der Waals surface area contributed by atoms with Gasteiger partial charge in [-0.05, 0) is 13.8 Å². The molecule has 0 aromatic carbocycles. The smallest absolute Gasteiger partial charge is 0.326 e. The predicted molar refractivity (Wildman–Crippen MR) is 63.3 cm³/mol. The van der Waals surface area contributed by atoms with E-state index in [2.05, 4.69) is 10.1 Å². The van der Waals surface area contributed by atoms with Crippen molar-refractivity contribution >= 4 is 23.6 Å². The van der Waals surface area contributed by atoms with Crippen molar-refractivity contribution < 1.29 is 9.53 Å². The van der Waals surface area contributed by atoms with Gasteiger partial charge in [0, 0.05) is 18.1 Å². The molecular formula is C9H19N3O2S. The summed E-state index contributed by atoms with van der Waals surface area (Å²) in [6, 6.07) is 0. The largest absolute Gasteiger partial charge is 0.468 e. The number of hydrogen-bond donors (Lipinski definition) is 3. The Hall–Kier alpha value is -0.750. The van der Waals surface area contributed by atoms with E-state index in [-0.39, 0.29) is 0 Å². The van der Waals surface area contributed by atoms with Crippen molar-refractivity contribution in [3.63, 3.8) is 0 Å². The van der Waals surface area contributed by atoms with Gasteiger partial charge in [0.25, 0.3) is 0 Å². The lowest BCUT2D eigenvalue weighted by molar-refractivity contribution is -0.145. The molecule has 0 rings (SSSR count). The van der Waals surface area contributed by atoms with Crippen LogP contribution in [0.25, 0.3) is 0 Å². The molecule has 0 spiro atoms. The fourth-order valence-electron chi connectivity index (χ4n) is 0.887. The summed E-state index contributed by atoms with van der Waals surface area (Å²) in [5.41, 5.74) is 4.82. The van der Waals surface area contributed by atoms with Crippen LogP contribution < -0.4 is 11.1 Å². The van der Waals surface area contributed by atoms with Crippen LogP contribution in [0.2, 0.25) is 0 Å². The third kappa shape index (κ3) is 6.35. The number of carbonyl (C=O) groups is 1. The molecule has 0 aliphatic rings. The number of esters is 1. The van der Waals surface area contributed by atoms with Crippen LogP contribution in [0.3, 0.4) is 0 Å². The second-order valence-corrected chi connectivity index (χ2v) is 4.62. The number of thioether (sulfide) groups is 1. The van der Waals surface area contributed by atoms with Crippen LogP contribution in [0, 0.1) is 5.41 Å². The molecule has 0 fully saturated rings. The van der Waals surface area contributed by atoms with Gasteiger partial charge in [-0.25, -0.2) is 0 Å². The molecule has 0 amide bonds. The predicted octanol–water partition coefficient (Wildman–Crippen LogP) is 0.197. The molecule has 15 heavy (non-hydrogen) atoms. The Morgan fingerprint density at radius 2 is 2.27 bits per heavy atom. The second-order valence-electron chi connectivity index (χ2n) is 3.51. The average molecular weight is 233 g/mol. The van der Waals surface area contributed by atoms with Crippen molar-refractivity contribution in [3.8, 4) is 0 Å². The molecule has 0 saturated heterocycles. The van der Waals surface area contributed by atoms with Crippen molar-refractivity contribution in [2.24, 2.45) is 5.73 Å². The third-order valence-electron chi connectivity index (χ3n) is 1.69. The van der Waals surface area contributed by atoms with Gasteiger partial charge >= 0.3 is 5.97 Å². The van der Waals surface area contributed by atoms with Gasteiger partial charge in [-0.15, -0.1) is 0 Å². The summed E-state index contributed by atoms with van der Waals surface area (Å²) < 4.78 is 4.58. The van der Waals surface area contributed by atoms with Gasteiger partial charge in [0.1, 0.15) is 5.54 Å². The lowest BCUT2D eigenvalue weighted by atomic mass is 10.1. The average Bonchev–Trinajstić information content (AvgIpc) is 2.15. The van der Waals surface area contributed by atoms with Gasteiger partial charge in [0.05, 0.1) is 12.9 Å². The first-order chi connectivity index (χ1) is 6.90. The highest BCUT2D eigenvalue weighted by Crippen LogP contribution is 2.11. The molecule has 0 aromatic rings. The van der Waals surface area contributed by atoms with Crippen LogP contribution in [0.15, 0.2) is 0 Å². The zero-order valence-corrected chi connectivity index (χ0v) is 10.2. The summed E-state index contributed by atoms with van der Waals surface area (Å²) in [6.45, 7) is 4.05. The zero-order chi connectivity index (χ0) is 11.9. The summed E-state index contributed by atoms with van der Waals surface area (Å²) in [6.07, 6.45) is 0. The molecular weight excluding hydrogens is 214 g/mol. The van der Waals surface area contributed by atoms with E-state index in [1.807, 2.05) is 0 Å². The van der Waals surface area contributed by atoms with E-state index in [1.54, 1.807) is 25.6 Å². The molecule has 0 aromatic heterocycles.